The lowest BCUT2D eigenvalue weighted by atomic mass is 9.95. The Bertz CT molecular complexity index is 523. The molecule has 1 saturated heterocycles. The number of hydrogen-bond donors (Lipinski definition) is 1. The Morgan fingerprint density at radius 3 is 2.33 bits per heavy atom. The highest BCUT2D eigenvalue weighted by Crippen LogP contribution is 2.41. The Labute approximate surface area is 162 Å². The van der Waals surface area contributed by atoms with Crippen LogP contribution in [0.25, 0.3) is 0 Å². The molecule has 2 aliphatic rings. The van der Waals surface area contributed by atoms with E-state index in [-0.39, 0.29) is 24.8 Å². The van der Waals surface area contributed by atoms with Crippen LogP contribution in [-0.2, 0) is 0 Å². The van der Waals surface area contributed by atoms with Crippen molar-refractivity contribution in [1.29, 1.82) is 0 Å². The number of fused-ring (bicyclic) bond motifs is 1. The highest BCUT2D eigenvalue weighted by Gasteiger charge is 2.27. The van der Waals surface area contributed by atoms with Crippen molar-refractivity contribution in [2.45, 2.75) is 32.7 Å². The number of hydrogen-bond acceptors (Lipinski definition) is 4. The van der Waals surface area contributed by atoms with Crippen LogP contribution in [-0.4, -0.2) is 37.9 Å². The molecule has 0 saturated carbocycles. The first-order chi connectivity index (χ1) is 10.6. The third-order valence-corrected chi connectivity index (χ3v) is 4.79. The van der Waals surface area contributed by atoms with E-state index in [1.54, 1.807) is 0 Å². The molecule has 4 nitrogen and oxygen atoms in total. The molecule has 0 amide bonds. The van der Waals surface area contributed by atoms with Gasteiger partial charge in [-0.05, 0) is 30.4 Å². The second-order valence-electron chi connectivity index (χ2n) is 6.50. The number of nitrogens with one attached hydrogen (secondary N) is 1. The van der Waals surface area contributed by atoms with Gasteiger partial charge in [-0.1, -0.05) is 25.4 Å². The van der Waals surface area contributed by atoms with Crippen LogP contribution in [0.2, 0.25) is 5.02 Å². The third kappa shape index (κ3) is 5.06. The standard InChI is InChI=1S/C17H25ClN2O2.2ClH/c1-12(2)3-4-15(20-7-5-19-6-8-20)13-9-16-17(10-14(13)18)22-11-21-16;;/h9-10,12,15,19H,3-8,11H2,1-2H3;2*1H/t15-;;/m0../s1. The maximum Gasteiger partial charge on any atom is 0.231 e. The van der Waals surface area contributed by atoms with Gasteiger partial charge in [0.15, 0.2) is 11.5 Å². The summed E-state index contributed by atoms with van der Waals surface area (Å²) in [6.45, 7) is 9.05. The summed E-state index contributed by atoms with van der Waals surface area (Å²) >= 11 is 6.56. The molecular weight excluding hydrogens is 371 g/mol. The fourth-order valence-corrected chi connectivity index (χ4v) is 3.49. The molecule has 1 aromatic carbocycles. The summed E-state index contributed by atoms with van der Waals surface area (Å²) < 4.78 is 11.0. The molecule has 3 rings (SSSR count). The molecule has 0 spiro atoms. The Morgan fingerprint density at radius 1 is 1.08 bits per heavy atom. The highest BCUT2D eigenvalue weighted by atomic mass is 35.5. The average molecular weight is 398 g/mol. The van der Waals surface area contributed by atoms with Crippen molar-refractivity contribution in [3.05, 3.63) is 22.7 Å². The molecule has 2 aliphatic heterocycles. The zero-order chi connectivity index (χ0) is 15.5. The summed E-state index contributed by atoms with van der Waals surface area (Å²) in [6, 6.07) is 4.34. The minimum Gasteiger partial charge on any atom is -0.454 e. The molecule has 7 heteroatoms. The van der Waals surface area contributed by atoms with Gasteiger partial charge in [0, 0.05) is 43.3 Å². The molecule has 0 aliphatic carbocycles. The van der Waals surface area contributed by atoms with Crippen molar-refractivity contribution in [2.75, 3.05) is 33.0 Å². The summed E-state index contributed by atoms with van der Waals surface area (Å²) in [5.74, 6) is 2.28. The summed E-state index contributed by atoms with van der Waals surface area (Å²) in [5.41, 5.74) is 1.17. The van der Waals surface area contributed by atoms with E-state index in [1.807, 2.05) is 6.07 Å². The van der Waals surface area contributed by atoms with E-state index in [2.05, 4.69) is 30.1 Å². The van der Waals surface area contributed by atoms with Gasteiger partial charge in [-0.2, -0.15) is 0 Å². The lowest BCUT2D eigenvalue weighted by Crippen LogP contribution is -2.45. The van der Waals surface area contributed by atoms with Gasteiger partial charge in [-0.25, -0.2) is 0 Å². The van der Waals surface area contributed by atoms with Crippen LogP contribution in [0.5, 0.6) is 11.5 Å². The minimum absolute atomic E-state index is 0. The van der Waals surface area contributed by atoms with Crippen LogP contribution >= 0.6 is 36.4 Å². The highest BCUT2D eigenvalue weighted by molar-refractivity contribution is 6.31. The van der Waals surface area contributed by atoms with Crippen molar-refractivity contribution in [1.82, 2.24) is 10.2 Å². The molecule has 138 valence electrons. The molecule has 0 aromatic heterocycles. The van der Waals surface area contributed by atoms with E-state index < -0.39 is 0 Å². The predicted octanol–water partition coefficient (Wildman–Crippen LogP) is 4.29. The van der Waals surface area contributed by atoms with Crippen molar-refractivity contribution >= 4 is 36.4 Å². The Balaban J connectivity index is 0.00000144. The maximum atomic E-state index is 6.56. The minimum atomic E-state index is 0. The predicted molar refractivity (Wildman–Crippen MR) is 103 cm³/mol. The number of benzene rings is 1. The molecule has 0 unspecified atom stereocenters. The average Bonchev–Trinajstić information content (AvgIpc) is 2.95. The first-order valence-electron chi connectivity index (χ1n) is 8.19. The topological polar surface area (TPSA) is 33.7 Å². The van der Waals surface area contributed by atoms with Crippen LogP contribution in [0.3, 0.4) is 0 Å². The first kappa shape index (κ1) is 21.7. The molecule has 0 radical (unpaired) electrons. The zero-order valence-electron chi connectivity index (χ0n) is 14.2. The molecule has 2 heterocycles. The SMILES string of the molecule is CC(C)CC[C@@H](c1cc2c(cc1Cl)OCO2)N1CCNCC1.Cl.Cl. The molecule has 0 bridgehead atoms. The Morgan fingerprint density at radius 2 is 1.71 bits per heavy atom. The molecule has 1 atom stereocenters. The smallest absolute Gasteiger partial charge is 0.231 e. The van der Waals surface area contributed by atoms with Gasteiger partial charge in [0.25, 0.3) is 0 Å². The van der Waals surface area contributed by atoms with Crippen molar-refractivity contribution in [3.8, 4) is 11.5 Å². The van der Waals surface area contributed by atoms with Gasteiger partial charge >= 0.3 is 0 Å². The molecule has 1 aromatic rings. The normalized spacial score (nSPS) is 18.0. The summed E-state index contributed by atoms with van der Waals surface area (Å²) in [6.07, 6.45) is 2.32. The number of ether oxygens (including phenoxy) is 2. The first-order valence-corrected chi connectivity index (χ1v) is 8.56. The van der Waals surface area contributed by atoms with E-state index in [0.717, 1.165) is 49.1 Å². The number of piperazine rings is 1. The summed E-state index contributed by atoms with van der Waals surface area (Å²) in [7, 11) is 0. The Kier molecular flexibility index (Phi) is 8.96. The van der Waals surface area contributed by atoms with Crippen LogP contribution in [0.4, 0.5) is 0 Å². The van der Waals surface area contributed by atoms with Crippen molar-refractivity contribution in [2.24, 2.45) is 5.92 Å². The quantitative estimate of drug-likeness (QED) is 0.803. The largest absolute Gasteiger partial charge is 0.454 e. The van der Waals surface area contributed by atoms with Gasteiger partial charge in [0.05, 0.1) is 0 Å². The van der Waals surface area contributed by atoms with Gasteiger partial charge < -0.3 is 14.8 Å². The van der Waals surface area contributed by atoms with E-state index in [9.17, 15) is 0 Å². The maximum absolute atomic E-state index is 6.56. The second kappa shape index (κ2) is 9.93. The monoisotopic (exact) mass is 396 g/mol. The van der Waals surface area contributed by atoms with Gasteiger partial charge in [-0.15, -0.1) is 24.8 Å². The molecule has 1 N–H and O–H groups in total. The number of halogens is 3. The van der Waals surface area contributed by atoms with Crippen LogP contribution in [0.1, 0.15) is 38.3 Å². The number of nitrogens with zero attached hydrogens (tertiary/aromatic N) is 1. The van der Waals surface area contributed by atoms with E-state index in [4.69, 9.17) is 21.1 Å². The van der Waals surface area contributed by atoms with Gasteiger partial charge in [0.1, 0.15) is 0 Å². The summed E-state index contributed by atoms with van der Waals surface area (Å²) in [5, 5.41) is 4.21. The Hall–Kier alpha value is -0.390. The van der Waals surface area contributed by atoms with Crippen molar-refractivity contribution in [3.63, 3.8) is 0 Å². The lowest BCUT2D eigenvalue weighted by molar-refractivity contribution is 0.159. The van der Waals surface area contributed by atoms with E-state index in [0.29, 0.717) is 18.8 Å². The van der Waals surface area contributed by atoms with Crippen LogP contribution < -0.4 is 14.8 Å². The molecule has 24 heavy (non-hydrogen) atoms. The number of rotatable bonds is 5. The van der Waals surface area contributed by atoms with Gasteiger partial charge in [0.2, 0.25) is 6.79 Å². The van der Waals surface area contributed by atoms with Crippen LogP contribution in [0.15, 0.2) is 12.1 Å². The van der Waals surface area contributed by atoms with Crippen LogP contribution in [0, 0.1) is 5.92 Å². The van der Waals surface area contributed by atoms with Crippen molar-refractivity contribution < 1.29 is 9.47 Å². The third-order valence-electron chi connectivity index (χ3n) is 4.46. The zero-order valence-corrected chi connectivity index (χ0v) is 16.6. The van der Waals surface area contributed by atoms with Gasteiger partial charge in [-0.3, -0.25) is 4.90 Å². The van der Waals surface area contributed by atoms with E-state index >= 15 is 0 Å². The fraction of sp³-hybridized carbons (Fsp3) is 0.647. The lowest BCUT2D eigenvalue weighted by Gasteiger charge is -2.36. The summed E-state index contributed by atoms with van der Waals surface area (Å²) in [4.78, 5) is 2.54. The molecule has 1 fully saturated rings. The fourth-order valence-electron chi connectivity index (χ4n) is 3.21. The van der Waals surface area contributed by atoms with E-state index in [1.165, 1.54) is 12.0 Å². The molecular formula is C17H27Cl3N2O2. The second-order valence-corrected chi connectivity index (χ2v) is 6.91.